The van der Waals surface area contributed by atoms with Crippen LogP contribution < -0.4 is 0 Å². The smallest absolute Gasteiger partial charge is 0 e. The molecule has 0 unspecified atom stereocenters. The summed E-state index contributed by atoms with van der Waals surface area (Å²) in [5.41, 5.74) is 0. The molecular formula is C12H28HfO4Ti. The maximum Gasteiger partial charge on any atom is 0 e. The normalized spacial score (nSPS) is 12.7. The molecule has 0 saturated carbocycles. The van der Waals surface area contributed by atoms with E-state index in [1.807, 2.05) is 55.4 Å². The van der Waals surface area contributed by atoms with Crippen molar-refractivity contribution in [3.63, 3.8) is 0 Å². The molecule has 0 fully saturated rings. The van der Waals surface area contributed by atoms with Crippen LogP contribution in [0.25, 0.3) is 0 Å². The van der Waals surface area contributed by atoms with Gasteiger partial charge in [-0.2, -0.15) is 0 Å². The number of hydrogen-bond donors (Lipinski definition) is 0. The zero-order valence-electron chi connectivity index (χ0n) is 12.9. The van der Waals surface area contributed by atoms with Crippen molar-refractivity contribution in [3.05, 3.63) is 0 Å². The molecule has 18 heavy (non-hydrogen) atoms. The second kappa shape index (κ2) is 10.2. The van der Waals surface area contributed by atoms with E-state index < -0.39 is 18.1 Å². The van der Waals surface area contributed by atoms with E-state index in [1.165, 1.54) is 0 Å². The molecule has 0 saturated heterocycles. The second-order valence-corrected chi connectivity index (χ2v) is 8.20. The molecule has 0 aromatic rings. The Morgan fingerprint density at radius 2 is 0.667 bits per heavy atom. The van der Waals surface area contributed by atoms with E-state index >= 15 is 0 Å². The van der Waals surface area contributed by atoms with Crippen molar-refractivity contribution in [1.82, 2.24) is 0 Å². The molecule has 6 heteroatoms. The van der Waals surface area contributed by atoms with Crippen molar-refractivity contribution in [2.24, 2.45) is 0 Å². The minimum Gasteiger partial charge on any atom is 0 e. The average molecular weight is 463 g/mol. The van der Waals surface area contributed by atoms with Crippen LogP contribution in [0.4, 0.5) is 0 Å². The summed E-state index contributed by atoms with van der Waals surface area (Å²) in [6.45, 7) is 15.8. The Kier molecular flexibility index (Phi) is 12.3. The van der Waals surface area contributed by atoms with E-state index in [1.54, 1.807) is 0 Å². The predicted molar refractivity (Wildman–Crippen MR) is 64.9 cm³/mol. The Morgan fingerprint density at radius 1 is 0.500 bits per heavy atom. The standard InChI is InChI=1S/4C3H7O.Hf.Ti/c4*1-3(2)4;;/h4*3H,1-2H3;;/q4*-1;;+4. The molecule has 0 N–H and O–H groups in total. The summed E-state index contributed by atoms with van der Waals surface area (Å²) < 4.78 is 23.6. The fraction of sp³-hybridized carbons (Fsp3) is 1.00. The number of hydrogen-bond acceptors (Lipinski definition) is 4. The monoisotopic (exact) mass is 464 g/mol. The van der Waals surface area contributed by atoms with Crippen molar-refractivity contribution >= 4 is 0 Å². The van der Waals surface area contributed by atoms with Gasteiger partial charge in [0.15, 0.2) is 0 Å². The Morgan fingerprint density at radius 3 is 0.778 bits per heavy atom. The molecule has 0 aromatic carbocycles. The van der Waals surface area contributed by atoms with Gasteiger partial charge in [0.25, 0.3) is 0 Å². The van der Waals surface area contributed by atoms with Crippen molar-refractivity contribution in [1.29, 1.82) is 0 Å². The molecule has 0 atom stereocenters. The van der Waals surface area contributed by atoms with Gasteiger partial charge in [0.05, 0.1) is 0 Å². The molecule has 0 aromatic heterocycles. The van der Waals surface area contributed by atoms with Crippen LogP contribution >= 0.6 is 0 Å². The molecule has 0 rings (SSSR count). The summed E-state index contributed by atoms with van der Waals surface area (Å²) in [7, 11) is 0. The van der Waals surface area contributed by atoms with Crippen LogP contribution in [0.1, 0.15) is 55.4 Å². The maximum absolute atomic E-state index is 5.89. The first-order chi connectivity index (χ1) is 7.67. The maximum atomic E-state index is 5.89. The van der Waals surface area contributed by atoms with Crippen LogP contribution in [0.2, 0.25) is 0 Å². The molecule has 0 radical (unpaired) electrons. The molecule has 0 heterocycles. The largest absolute Gasteiger partial charge is 0 e. The van der Waals surface area contributed by atoms with Gasteiger partial charge in [-0.1, -0.05) is 0 Å². The van der Waals surface area contributed by atoms with E-state index in [2.05, 4.69) is 0 Å². The topological polar surface area (TPSA) is 36.9 Å². The number of rotatable bonds is 8. The molecule has 0 aliphatic heterocycles. The Labute approximate surface area is 136 Å². The van der Waals surface area contributed by atoms with Crippen LogP contribution in [-0.2, 0) is 57.3 Å². The zero-order valence-corrected chi connectivity index (χ0v) is 18.1. The molecule has 0 aliphatic rings. The van der Waals surface area contributed by atoms with E-state index in [-0.39, 0.29) is 50.3 Å². The van der Waals surface area contributed by atoms with Gasteiger partial charge >= 0.3 is 111 Å². The molecule has 0 amide bonds. The van der Waals surface area contributed by atoms with Crippen molar-refractivity contribution in [3.8, 4) is 0 Å². The fourth-order valence-electron chi connectivity index (χ4n) is 1.32. The van der Waals surface area contributed by atoms with Crippen LogP contribution in [0, 0.1) is 0 Å². The summed E-state index contributed by atoms with van der Waals surface area (Å²) in [4.78, 5) is 0. The first kappa shape index (κ1) is 21.7. The van der Waals surface area contributed by atoms with E-state index in [4.69, 9.17) is 13.3 Å². The van der Waals surface area contributed by atoms with Crippen LogP contribution in [0.3, 0.4) is 0 Å². The molecule has 0 aliphatic carbocycles. The summed E-state index contributed by atoms with van der Waals surface area (Å²) in [5, 5.41) is 0. The Hall–Kier alpha value is 1.42. The van der Waals surface area contributed by atoms with Gasteiger partial charge in [0.2, 0.25) is 0 Å². The minimum absolute atomic E-state index is 0. The van der Waals surface area contributed by atoms with E-state index in [0.29, 0.717) is 0 Å². The Balaban J connectivity index is 0. The van der Waals surface area contributed by atoms with Gasteiger partial charge in [-0.15, -0.1) is 0 Å². The van der Waals surface area contributed by atoms with Crippen molar-refractivity contribution in [2.75, 3.05) is 0 Å². The van der Waals surface area contributed by atoms with E-state index in [9.17, 15) is 0 Å². The first-order valence-electron chi connectivity index (χ1n) is 6.38. The van der Waals surface area contributed by atoms with Crippen LogP contribution in [0.15, 0.2) is 0 Å². The summed E-state index contributed by atoms with van der Waals surface area (Å²) >= 11 is -3.62. The SMILES string of the molecule is CC(C)[O][Ti]([O]C(C)C)([O]C(C)C)[O]C(C)C.[Hf]. The van der Waals surface area contributed by atoms with Gasteiger partial charge in [0, 0.05) is 25.8 Å². The second-order valence-electron chi connectivity index (χ2n) is 5.17. The minimum atomic E-state index is -3.62. The average Bonchev–Trinajstić information content (AvgIpc) is 1.95. The van der Waals surface area contributed by atoms with Crippen LogP contribution in [-0.4, -0.2) is 24.4 Å². The third-order valence-corrected chi connectivity index (χ3v) is 6.27. The van der Waals surface area contributed by atoms with E-state index in [0.717, 1.165) is 0 Å². The van der Waals surface area contributed by atoms with Gasteiger partial charge in [-0.3, -0.25) is 0 Å². The van der Waals surface area contributed by atoms with Gasteiger partial charge in [0.1, 0.15) is 0 Å². The van der Waals surface area contributed by atoms with Crippen molar-refractivity contribution in [2.45, 2.75) is 79.8 Å². The molecular weight excluding hydrogens is 434 g/mol. The summed E-state index contributed by atoms with van der Waals surface area (Å²) in [6.07, 6.45) is 0.134. The predicted octanol–water partition coefficient (Wildman–Crippen LogP) is 3.50. The zero-order chi connectivity index (χ0) is 13.6. The van der Waals surface area contributed by atoms with Gasteiger partial charge in [-0.05, 0) is 0 Å². The molecule has 0 bridgehead atoms. The van der Waals surface area contributed by atoms with Crippen LogP contribution in [0.5, 0.6) is 0 Å². The van der Waals surface area contributed by atoms with Gasteiger partial charge in [-0.25, -0.2) is 0 Å². The Bertz CT molecular complexity index is 165. The van der Waals surface area contributed by atoms with Gasteiger partial charge < -0.3 is 0 Å². The summed E-state index contributed by atoms with van der Waals surface area (Å²) in [5.74, 6) is 0. The third kappa shape index (κ3) is 10.2. The molecule has 0 spiro atoms. The quantitative estimate of drug-likeness (QED) is 0.518. The molecule has 108 valence electrons. The molecule has 4 nitrogen and oxygen atoms in total. The summed E-state index contributed by atoms with van der Waals surface area (Å²) in [6, 6.07) is 0. The fourth-order valence-corrected chi connectivity index (χ4v) is 5.45. The first-order valence-corrected chi connectivity index (χ1v) is 8.93. The third-order valence-electron chi connectivity index (χ3n) is 1.52. The van der Waals surface area contributed by atoms with Crippen molar-refractivity contribution < 1.29 is 57.3 Å².